The molecule has 3 heterocycles. The minimum absolute atomic E-state index is 0.678. The third-order valence-corrected chi connectivity index (χ3v) is 5.91. The molecule has 0 N–H and O–H groups in total. The lowest BCUT2D eigenvalue weighted by Crippen LogP contribution is -2.42. The number of nitrogens with zero attached hydrogens (tertiary/aromatic N) is 2. The summed E-state index contributed by atoms with van der Waals surface area (Å²) in [6.45, 7) is 4.36. The lowest BCUT2D eigenvalue weighted by atomic mass is 9.86. The molecule has 0 bridgehead atoms. The van der Waals surface area contributed by atoms with Crippen LogP contribution < -0.4 is 0 Å². The van der Waals surface area contributed by atoms with Crippen molar-refractivity contribution in [2.45, 2.75) is 38.6 Å². The molecule has 3 aliphatic rings. The molecule has 0 spiro atoms. The van der Waals surface area contributed by atoms with Crippen molar-refractivity contribution in [2.75, 3.05) is 13.1 Å². The van der Waals surface area contributed by atoms with Crippen molar-refractivity contribution in [1.82, 2.24) is 4.90 Å². The van der Waals surface area contributed by atoms with Crippen molar-refractivity contribution in [3.63, 3.8) is 0 Å². The predicted octanol–water partition coefficient (Wildman–Crippen LogP) is 4.97. The maximum atomic E-state index is 6.14. The zero-order valence-corrected chi connectivity index (χ0v) is 15.5. The number of allylic oxidation sites excluding steroid dienone is 2. The maximum Gasteiger partial charge on any atom is 0.0893 e. The van der Waals surface area contributed by atoms with Crippen LogP contribution in [-0.2, 0) is 0 Å². The van der Waals surface area contributed by atoms with E-state index in [0.29, 0.717) is 6.04 Å². The molecule has 124 valence electrons. The first-order chi connectivity index (χ1) is 11.6. The van der Waals surface area contributed by atoms with Crippen LogP contribution in [0.4, 0.5) is 0 Å². The van der Waals surface area contributed by atoms with Gasteiger partial charge in [0.25, 0.3) is 0 Å². The van der Waals surface area contributed by atoms with Crippen LogP contribution in [0.15, 0.2) is 52.2 Å². The van der Waals surface area contributed by atoms with Crippen LogP contribution >= 0.6 is 23.8 Å². The van der Waals surface area contributed by atoms with Gasteiger partial charge in [0.2, 0.25) is 0 Å². The average molecular weight is 357 g/mol. The lowest BCUT2D eigenvalue weighted by molar-refractivity contribution is 0.156. The molecule has 4 heteroatoms. The number of hydrogen-bond acceptors (Lipinski definition) is 3. The first kappa shape index (κ1) is 16.2. The fourth-order valence-corrected chi connectivity index (χ4v) is 4.70. The zero-order valence-electron chi connectivity index (χ0n) is 13.9. The van der Waals surface area contributed by atoms with E-state index in [4.69, 9.17) is 28.8 Å². The number of fused-ring (bicyclic) bond motifs is 1. The second kappa shape index (κ2) is 6.55. The van der Waals surface area contributed by atoms with Crippen molar-refractivity contribution in [1.29, 1.82) is 0 Å². The summed E-state index contributed by atoms with van der Waals surface area (Å²) in [5, 5.41) is 0.721. The van der Waals surface area contributed by atoms with Gasteiger partial charge in [-0.25, -0.2) is 0 Å². The van der Waals surface area contributed by atoms with Crippen LogP contribution in [0, 0.1) is 0 Å². The quantitative estimate of drug-likeness (QED) is 0.695. The molecular formula is C20H21ClN2S. The Balaban J connectivity index is 1.60. The minimum atomic E-state index is 0.678. The highest BCUT2D eigenvalue weighted by Gasteiger charge is 2.31. The van der Waals surface area contributed by atoms with Crippen molar-refractivity contribution < 1.29 is 0 Å². The van der Waals surface area contributed by atoms with E-state index in [0.717, 1.165) is 39.8 Å². The van der Waals surface area contributed by atoms with Crippen LogP contribution in [0.2, 0.25) is 5.02 Å². The molecular weight excluding hydrogens is 336 g/mol. The molecule has 0 aromatic heterocycles. The number of benzene rings is 1. The molecule has 1 saturated heterocycles. The Hall–Kier alpha value is -1.29. The van der Waals surface area contributed by atoms with Crippen molar-refractivity contribution >= 4 is 34.4 Å². The molecule has 0 radical (unpaired) electrons. The van der Waals surface area contributed by atoms with Gasteiger partial charge in [-0.2, -0.15) is 0 Å². The molecule has 0 amide bonds. The van der Waals surface area contributed by atoms with Crippen molar-refractivity contribution in [2.24, 2.45) is 4.99 Å². The number of halogens is 1. The monoisotopic (exact) mass is 356 g/mol. The smallest absolute Gasteiger partial charge is 0.0893 e. The summed E-state index contributed by atoms with van der Waals surface area (Å²) in [4.78, 5) is 8.27. The van der Waals surface area contributed by atoms with Crippen LogP contribution in [0.3, 0.4) is 0 Å². The predicted molar refractivity (Wildman–Crippen MR) is 105 cm³/mol. The molecule has 1 aromatic carbocycles. The number of hydrogen-bond donors (Lipinski definition) is 0. The third-order valence-electron chi connectivity index (χ3n) is 5.28. The molecule has 3 aliphatic heterocycles. The molecule has 1 fully saturated rings. The standard InChI is InChI=1S/C20H21ClN2S/c1-13-18(14-8-10-23-9-3-2-7-17(23)12-14)20(24)19(22-13)15-5-4-6-16(21)11-15/h4-6,8,11,17H,2-3,7,9-10,12H2,1H3. The van der Waals surface area contributed by atoms with Gasteiger partial charge in [-0.05, 0) is 50.4 Å². The largest absolute Gasteiger partial charge is 0.296 e. The lowest BCUT2D eigenvalue weighted by Gasteiger charge is -2.39. The van der Waals surface area contributed by atoms with E-state index in [2.05, 4.69) is 17.9 Å². The Morgan fingerprint density at radius 1 is 1.29 bits per heavy atom. The summed E-state index contributed by atoms with van der Waals surface area (Å²) in [6.07, 6.45) is 7.45. The number of thiocarbonyl (C=S) groups is 1. The van der Waals surface area contributed by atoms with Crippen LogP contribution in [-0.4, -0.2) is 34.6 Å². The van der Waals surface area contributed by atoms with Gasteiger partial charge in [-0.1, -0.05) is 48.4 Å². The van der Waals surface area contributed by atoms with Crippen LogP contribution in [0.25, 0.3) is 0 Å². The molecule has 1 atom stereocenters. The fourth-order valence-electron chi connectivity index (χ4n) is 4.07. The van der Waals surface area contributed by atoms with Gasteiger partial charge in [0.15, 0.2) is 0 Å². The summed E-state index contributed by atoms with van der Waals surface area (Å²) in [7, 11) is 0. The number of rotatable bonds is 2. The van der Waals surface area contributed by atoms with Crippen molar-refractivity contribution in [3.8, 4) is 0 Å². The molecule has 24 heavy (non-hydrogen) atoms. The van der Waals surface area contributed by atoms with Crippen molar-refractivity contribution in [3.05, 3.63) is 57.8 Å². The van der Waals surface area contributed by atoms with Gasteiger partial charge in [-0.3, -0.25) is 9.89 Å². The Morgan fingerprint density at radius 3 is 3.00 bits per heavy atom. The number of aliphatic imine (C=N–C) groups is 1. The number of piperidine rings is 1. The van der Waals surface area contributed by atoms with E-state index < -0.39 is 0 Å². The summed E-state index contributed by atoms with van der Waals surface area (Å²) in [5.74, 6) is 0. The first-order valence-electron chi connectivity index (χ1n) is 8.67. The second-order valence-corrected chi connectivity index (χ2v) is 7.68. The van der Waals surface area contributed by atoms with E-state index in [1.54, 1.807) is 0 Å². The van der Waals surface area contributed by atoms with E-state index in [-0.39, 0.29) is 0 Å². The minimum Gasteiger partial charge on any atom is -0.296 e. The highest BCUT2D eigenvalue weighted by molar-refractivity contribution is 7.82. The molecule has 0 saturated carbocycles. The van der Waals surface area contributed by atoms with E-state index >= 15 is 0 Å². The molecule has 0 aliphatic carbocycles. The molecule has 2 nitrogen and oxygen atoms in total. The van der Waals surface area contributed by atoms with Crippen LogP contribution in [0.5, 0.6) is 0 Å². The average Bonchev–Trinajstić information content (AvgIpc) is 2.89. The van der Waals surface area contributed by atoms with Gasteiger partial charge in [0, 0.05) is 34.4 Å². The van der Waals surface area contributed by atoms with Gasteiger partial charge in [0.1, 0.15) is 0 Å². The summed E-state index contributed by atoms with van der Waals surface area (Å²) < 4.78 is 0. The second-order valence-electron chi connectivity index (χ2n) is 6.84. The van der Waals surface area contributed by atoms with Gasteiger partial charge < -0.3 is 0 Å². The normalized spacial score (nSPS) is 24.8. The summed E-state index contributed by atoms with van der Waals surface area (Å²) in [6, 6.07) is 8.49. The highest BCUT2D eigenvalue weighted by atomic mass is 35.5. The Morgan fingerprint density at radius 2 is 2.17 bits per heavy atom. The SMILES string of the molecule is CC1=C(C2=CCN3CCCCC3C2)C(=S)C(c2cccc(Cl)c2)=N1. The summed E-state index contributed by atoms with van der Waals surface area (Å²) in [5.41, 5.74) is 5.53. The Labute approximate surface area is 153 Å². The summed E-state index contributed by atoms with van der Waals surface area (Å²) >= 11 is 11.9. The first-order valence-corrected chi connectivity index (χ1v) is 9.46. The van der Waals surface area contributed by atoms with Gasteiger partial charge in [0.05, 0.1) is 10.6 Å². The van der Waals surface area contributed by atoms with E-state index in [1.807, 2.05) is 24.3 Å². The molecule has 4 rings (SSSR count). The van der Waals surface area contributed by atoms with Gasteiger partial charge in [-0.15, -0.1) is 0 Å². The Bertz CT molecular complexity index is 791. The fraction of sp³-hybridized carbons (Fsp3) is 0.400. The molecule has 1 unspecified atom stereocenters. The molecule has 1 aromatic rings. The zero-order chi connectivity index (χ0) is 16.7. The maximum absolute atomic E-state index is 6.14. The van der Waals surface area contributed by atoms with E-state index in [9.17, 15) is 0 Å². The Kier molecular flexibility index (Phi) is 4.42. The highest BCUT2D eigenvalue weighted by Crippen LogP contribution is 2.35. The van der Waals surface area contributed by atoms with E-state index in [1.165, 1.54) is 37.0 Å². The van der Waals surface area contributed by atoms with Gasteiger partial charge >= 0.3 is 0 Å². The third kappa shape index (κ3) is 2.90. The van der Waals surface area contributed by atoms with Crippen LogP contribution in [0.1, 0.15) is 38.2 Å². The topological polar surface area (TPSA) is 15.6 Å².